The van der Waals surface area contributed by atoms with E-state index in [1.54, 1.807) is 11.3 Å². The largest absolute Gasteiger partial charge is 0.380 e. The number of halogens is 2. The van der Waals surface area contributed by atoms with Crippen LogP contribution in [0.25, 0.3) is 0 Å². The van der Waals surface area contributed by atoms with Gasteiger partial charge in [0.1, 0.15) is 0 Å². The van der Waals surface area contributed by atoms with Crippen LogP contribution in [0, 0.1) is 0 Å². The molecule has 1 heterocycles. The Morgan fingerprint density at radius 1 is 1.32 bits per heavy atom. The normalized spacial score (nSPS) is 10.4. The van der Waals surface area contributed by atoms with Crippen molar-refractivity contribution in [2.24, 2.45) is 5.73 Å². The van der Waals surface area contributed by atoms with Crippen LogP contribution in [0.2, 0.25) is 0 Å². The molecule has 19 heavy (non-hydrogen) atoms. The van der Waals surface area contributed by atoms with Crippen molar-refractivity contribution < 1.29 is 4.79 Å². The SMILES string of the molecule is NC(=O)Cc1ccccc1NCc1cc(Br)c(Br)s1. The van der Waals surface area contributed by atoms with E-state index >= 15 is 0 Å². The van der Waals surface area contributed by atoms with Gasteiger partial charge in [0.25, 0.3) is 0 Å². The summed E-state index contributed by atoms with van der Waals surface area (Å²) in [6.45, 7) is 0.713. The second kappa shape index (κ2) is 6.54. The van der Waals surface area contributed by atoms with Crippen molar-refractivity contribution in [3.63, 3.8) is 0 Å². The molecule has 3 N–H and O–H groups in total. The van der Waals surface area contributed by atoms with E-state index in [1.165, 1.54) is 4.88 Å². The summed E-state index contributed by atoms with van der Waals surface area (Å²) in [7, 11) is 0. The van der Waals surface area contributed by atoms with E-state index in [2.05, 4.69) is 43.2 Å². The molecule has 0 saturated carbocycles. The number of anilines is 1. The van der Waals surface area contributed by atoms with Crippen molar-refractivity contribution in [1.82, 2.24) is 0 Å². The minimum Gasteiger partial charge on any atom is -0.380 e. The molecule has 0 aliphatic rings. The summed E-state index contributed by atoms with van der Waals surface area (Å²) in [5.41, 5.74) is 7.11. The summed E-state index contributed by atoms with van der Waals surface area (Å²) in [4.78, 5) is 12.2. The van der Waals surface area contributed by atoms with E-state index in [1.807, 2.05) is 24.3 Å². The number of carbonyl (C=O) groups is 1. The van der Waals surface area contributed by atoms with Crippen molar-refractivity contribution in [2.75, 3.05) is 5.32 Å². The summed E-state index contributed by atoms with van der Waals surface area (Å²) >= 11 is 8.61. The molecule has 3 nitrogen and oxygen atoms in total. The van der Waals surface area contributed by atoms with Gasteiger partial charge in [-0.25, -0.2) is 0 Å². The number of rotatable bonds is 5. The van der Waals surface area contributed by atoms with Crippen LogP contribution in [0.3, 0.4) is 0 Å². The lowest BCUT2D eigenvalue weighted by Crippen LogP contribution is -2.15. The van der Waals surface area contributed by atoms with E-state index in [4.69, 9.17) is 5.73 Å². The zero-order chi connectivity index (χ0) is 13.8. The quantitative estimate of drug-likeness (QED) is 0.794. The first-order valence-corrected chi connectivity index (χ1v) is 8.00. The lowest BCUT2D eigenvalue weighted by Gasteiger charge is -2.09. The van der Waals surface area contributed by atoms with Gasteiger partial charge in [0.2, 0.25) is 5.91 Å². The number of nitrogens with two attached hydrogens (primary N) is 1. The van der Waals surface area contributed by atoms with Crippen LogP contribution in [0.5, 0.6) is 0 Å². The highest BCUT2D eigenvalue weighted by Crippen LogP contribution is 2.32. The minimum absolute atomic E-state index is 0.251. The van der Waals surface area contributed by atoms with E-state index in [-0.39, 0.29) is 12.3 Å². The molecule has 0 aliphatic heterocycles. The summed E-state index contributed by atoms with van der Waals surface area (Å²) in [5.74, 6) is -0.323. The van der Waals surface area contributed by atoms with Crippen LogP contribution in [0.1, 0.15) is 10.4 Å². The van der Waals surface area contributed by atoms with Gasteiger partial charge in [-0.2, -0.15) is 0 Å². The molecule has 0 spiro atoms. The van der Waals surface area contributed by atoms with E-state index in [0.717, 1.165) is 19.5 Å². The van der Waals surface area contributed by atoms with Gasteiger partial charge in [0.05, 0.1) is 10.2 Å². The van der Waals surface area contributed by atoms with Gasteiger partial charge in [-0.1, -0.05) is 18.2 Å². The molecule has 0 bridgehead atoms. The topological polar surface area (TPSA) is 55.1 Å². The molecule has 6 heteroatoms. The number of benzene rings is 1. The zero-order valence-corrected chi connectivity index (χ0v) is 13.9. The third kappa shape index (κ3) is 4.06. The molecular weight excluding hydrogens is 392 g/mol. The Morgan fingerprint density at radius 2 is 2.05 bits per heavy atom. The molecule has 0 unspecified atom stereocenters. The van der Waals surface area contributed by atoms with Crippen LogP contribution in [-0.4, -0.2) is 5.91 Å². The highest BCUT2D eigenvalue weighted by atomic mass is 79.9. The average Bonchev–Trinajstić information content (AvgIpc) is 2.67. The predicted octanol–water partition coefficient (Wildman–Crippen LogP) is 3.91. The van der Waals surface area contributed by atoms with Gasteiger partial charge in [-0.05, 0) is 49.6 Å². The van der Waals surface area contributed by atoms with Gasteiger partial charge in [0.15, 0.2) is 0 Å². The number of nitrogens with one attached hydrogen (secondary N) is 1. The number of carbonyl (C=O) groups excluding carboxylic acids is 1. The van der Waals surface area contributed by atoms with Crippen LogP contribution in [0.15, 0.2) is 38.6 Å². The Kier molecular flexibility index (Phi) is 5.01. The molecule has 0 fully saturated rings. The van der Waals surface area contributed by atoms with Gasteiger partial charge < -0.3 is 11.1 Å². The minimum atomic E-state index is -0.323. The predicted molar refractivity (Wildman–Crippen MR) is 86.4 cm³/mol. The molecule has 2 aromatic rings. The van der Waals surface area contributed by atoms with Gasteiger partial charge >= 0.3 is 0 Å². The number of amides is 1. The fourth-order valence-corrected chi connectivity index (χ4v) is 3.81. The van der Waals surface area contributed by atoms with Crippen LogP contribution >= 0.6 is 43.2 Å². The molecule has 0 aliphatic carbocycles. The van der Waals surface area contributed by atoms with E-state index in [0.29, 0.717) is 6.54 Å². The van der Waals surface area contributed by atoms with Crippen molar-refractivity contribution in [1.29, 1.82) is 0 Å². The first-order chi connectivity index (χ1) is 9.06. The fraction of sp³-hybridized carbons (Fsp3) is 0.154. The molecule has 0 radical (unpaired) electrons. The molecule has 100 valence electrons. The number of para-hydroxylation sites is 1. The maximum atomic E-state index is 11.0. The highest BCUT2D eigenvalue weighted by molar-refractivity contribution is 9.13. The van der Waals surface area contributed by atoms with Crippen LogP contribution < -0.4 is 11.1 Å². The van der Waals surface area contributed by atoms with Crippen molar-refractivity contribution >= 4 is 54.8 Å². The third-order valence-electron chi connectivity index (χ3n) is 2.53. The molecule has 1 aromatic heterocycles. The summed E-state index contributed by atoms with van der Waals surface area (Å²) < 4.78 is 2.13. The Morgan fingerprint density at radius 3 is 2.68 bits per heavy atom. The first kappa shape index (κ1) is 14.6. The number of thiophene rings is 1. The summed E-state index contributed by atoms with van der Waals surface area (Å²) in [6.07, 6.45) is 0.251. The Bertz CT molecular complexity index is 579. The smallest absolute Gasteiger partial charge is 0.221 e. The lowest BCUT2D eigenvalue weighted by molar-refractivity contribution is -0.117. The monoisotopic (exact) mass is 402 g/mol. The van der Waals surface area contributed by atoms with Crippen molar-refractivity contribution in [3.05, 3.63) is 49.0 Å². The van der Waals surface area contributed by atoms with E-state index < -0.39 is 0 Å². The Hall–Kier alpha value is -0.850. The molecule has 0 atom stereocenters. The summed E-state index contributed by atoms with van der Waals surface area (Å²) in [5, 5.41) is 3.34. The van der Waals surface area contributed by atoms with Crippen molar-refractivity contribution in [3.8, 4) is 0 Å². The Balaban J connectivity index is 2.08. The molecule has 1 aromatic carbocycles. The molecule has 1 amide bonds. The van der Waals surface area contributed by atoms with Crippen LogP contribution in [0.4, 0.5) is 5.69 Å². The van der Waals surface area contributed by atoms with Gasteiger partial charge in [-0.15, -0.1) is 11.3 Å². The number of primary amides is 1. The van der Waals surface area contributed by atoms with Crippen LogP contribution in [-0.2, 0) is 17.8 Å². The standard InChI is InChI=1S/C13H12Br2N2OS/c14-10-6-9(19-13(10)15)7-17-11-4-2-1-3-8(11)5-12(16)18/h1-4,6,17H,5,7H2,(H2,16,18). The second-order valence-corrected chi connectivity index (χ2v) is 7.30. The first-order valence-electron chi connectivity index (χ1n) is 5.60. The van der Waals surface area contributed by atoms with Gasteiger partial charge in [-0.3, -0.25) is 4.79 Å². The molecule has 2 rings (SSSR count). The third-order valence-corrected chi connectivity index (χ3v) is 5.79. The van der Waals surface area contributed by atoms with E-state index in [9.17, 15) is 4.79 Å². The maximum absolute atomic E-state index is 11.0. The average molecular weight is 404 g/mol. The second-order valence-electron chi connectivity index (χ2n) is 3.99. The van der Waals surface area contributed by atoms with Crippen molar-refractivity contribution in [2.45, 2.75) is 13.0 Å². The Labute approximate surface area is 132 Å². The molecular formula is C13H12Br2N2OS. The molecule has 0 saturated heterocycles. The zero-order valence-electron chi connectivity index (χ0n) is 9.95. The lowest BCUT2D eigenvalue weighted by atomic mass is 10.1. The number of hydrogen-bond acceptors (Lipinski definition) is 3. The fourth-order valence-electron chi connectivity index (χ4n) is 1.70. The highest BCUT2D eigenvalue weighted by Gasteiger charge is 2.07. The van der Waals surface area contributed by atoms with Gasteiger partial charge in [0, 0.05) is 21.6 Å². The maximum Gasteiger partial charge on any atom is 0.221 e. The number of hydrogen-bond donors (Lipinski definition) is 2. The summed E-state index contributed by atoms with van der Waals surface area (Å²) in [6, 6.07) is 9.77.